The summed E-state index contributed by atoms with van der Waals surface area (Å²) in [6.45, 7) is 2.74. The predicted molar refractivity (Wildman–Crippen MR) is 97.4 cm³/mol. The molecule has 0 saturated carbocycles. The number of rotatable bonds is 2. The highest BCUT2D eigenvalue weighted by molar-refractivity contribution is 5.88. The van der Waals surface area contributed by atoms with Crippen molar-refractivity contribution in [3.8, 4) is 0 Å². The van der Waals surface area contributed by atoms with E-state index < -0.39 is 0 Å². The molecule has 1 aliphatic carbocycles. The number of hydrogen-bond donors (Lipinski definition) is 1. The molecule has 1 saturated heterocycles. The maximum atomic E-state index is 11.2. The zero-order chi connectivity index (χ0) is 16.7. The first kappa shape index (κ1) is 15.4. The summed E-state index contributed by atoms with van der Waals surface area (Å²) >= 11 is 0. The molecule has 2 aliphatic rings. The van der Waals surface area contributed by atoms with Gasteiger partial charge in [-0.3, -0.25) is 4.79 Å². The van der Waals surface area contributed by atoms with Gasteiger partial charge in [0.1, 0.15) is 0 Å². The van der Waals surface area contributed by atoms with E-state index in [1.54, 1.807) is 6.92 Å². The Hall–Kier alpha value is -2.13. The first-order valence-electron chi connectivity index (χ1n) is 8.80. The summed E-state index contributed by atoms with van der Waals surface area (Å²) in [6.07, 6.45) is 2.45. The highest BCUT2D eigenvalue weighted by atomic mass is 16.1. The molecule has 4 rings (SSSR count). The van der Waals surface area contributed by atoms with Crippen LogP contribution in [0.15, 0.2) is 48.5 Å². The lowest BCUT2D eigenvalue weighted by atomic mass is 9.71. The first-order chi connectivity index (χ1) is 11.6. The number of hydrogen-bond acceptors (Lipinski definition) is 2. The summed E-state index contributed by atoms with van der Waals surface area (Å²) in [5, 5.41) is 2.85. The van der Waals surface area contributed by atoms with Crippen LogP contribution >= 0.6 is 0 Å². The Bertz CT molecular complexity index is 753. The van der Waals surface area contributed by atoms with E-state index in [9.17, 15) is 4.79 Å². The van der Waals surface area contributed by atoms with Crippen LogP contribution in [-0.2, 0) is 4.79 Å². The molecule has 0 spiro atoms. The molecular formula is C21H24N2O. The first-order valence-corrected chi connectivity index (χ1v) is 8.80. The minimum absolute atomic E-state index is 0.0267. The van der Waals surface area contributed by atoms with Crippen molar-refractivity contribution in [1.29, 1.82) is 0 Å². The van der Waals surface area contributed by atoms with Crippen molar-refractivity contribution in [3.05, 3.63) is 65.2 Å². The molecular weight excluding hydrogens is 296 g/mol. The van der Waals surface area contributed by atoms with E-state index in [1.807, 2.05) is 12.1 Å². The zero-order valence-electron chi connectivity index (χ0n) is 14.3. The molecule has 124 valence electrons. The van der Waals surface area contributed by atoms with Gasteiger partial charge in [-0.05, 0) is 55.3 Å². The highest BCUT2D eigenvalue weighted by Gasteiger charge is 2.40. The van der Waals surface area contributed by atoms with Crippen molar-refractivity contribution in [2.45, 2.75) is 37.6 Å². The Morgan fingerprint density at radius 2 is 1.79 bits per heavy atom. The lowest BCUT2D eigenvalue weighted by Crippen LogP contribution is -2.34. The molecule has 1 N–H and O–H groups in total. The number of fused-ring (bicyclic) bond motifs is 3. The number of nitrogens with one attached hydrogen (secondary N) is 1. The lowest BCUT2D eigenvalue weighted by molar-refractivity contribution is -0.114. The third-order valence-corrected chi connectivity index (χ3v) is 5.70. The van der Waals surface area contributed by atoms with Gasteiger partial charge in [0.05, 0.1) is 0 Å². The molecule has 3 heteroatoms. The summed E-state index contributed by atoms with van der Waals surface area (Å²) < 4.78 is 0. The Kier molecular flexibility index (Phi) is 3.89. The average Bonchev–Trinajstić information content (AvgIpc) is 2.96. The van der Waals surface area contributed by atoms with Crippen molar-refractivity contribution in [2.75, 3.05) is 18.9 Å². The molecule has 3 atom stereocenters. The predicted octanol–water partition coefficient (Wildman–Crippen LogP) is 3.97. The van der Waals surface area contributed by atoms with Crippen LogP contribution < -0.4 is 5.32 Å². The summed E-state index contributed by atoms with van der Waals surface area (Å²) in [5.74, 6) is 1.09. The largest absolute Gasteiger partial charge is 0.326 e. The fraction of sp³-hybridized carbons (Fsp3) is 0.381. The second kappa shape index (κ2) is 6.06. The van der Waals surface area contributed by atoms with Crippen LogP contribution in [0.3, 0.4) is 0 Å². The number of likely N-dealkylation sites (N-methyl/N-ethyl adjacent to an activating group) is 1. The standard InChI is InChI=1S/C21H24N2O/c1-14(24)22-16-9-7-15(8-10-16)20-13-21-19(11-12-23(21)2)17-5-3-4-6-18(17)20/h3-10,19-21H,11-13H2,1-2H3,(H,22,24)/t19?,20?,21-/m0/s1. The fourth-order valence-electron chi connectivity index (χ4n) is 4.57. The molecule has 2 aromatic carbocycles. The number of nitrogens with zero attached hydrogens (tertiary/aromatic N) is 1. The van der Waals surface area contributed by atoms with Crippen LogP contribution in [-0.4, -0.2) is 30.4 Å². The normalized spacial score (nSPS) is 25.8. The van der Waals surface area contributed by atoms with Gasteiger partial charge in [-0.1, -0.05) is 36.4 Å². The van der Waals surface area contributed by atoms with Crippen LogP contribution in [0.2, 0.25) is 0 Å². The highest BCUT2D eigenvalue weighted by Crippen LogP contribution is 2.47. The molecule has 0 bridgehead atoms. The molecule has 24 heavy (non-hydrogen) atoms. The molecule has 0 radical (unpaired) electrons. The van der Waals surface area contributed by atoms with E-state index in [0.29, 0.717) is 17.9 Å². The van der Waals surface area contributed by atoms with Gasteiger partial charge in [0, 0.05) is 30.5 Å². The van der Waals surface area contributed by atoms with Crippen molar-refractivity contribution >= 4 is 11.6 Å². The Morgan fingerprint density at radius 3 is 2.50 bits per heavy atom. The maximum Gasteiger partial charge on any atom is 0.221 e. The monoisotopic (exact) mass is 320 g/mol. The second-order valence-corrected chi connectivity index (χ2v) is 7.16. The number of likely N-dealkylation sites (tertiary alicyclic amines) is 1. The van der Waals surface area contributed by atoms with Gasteiger partial charge in [0.25, 0.3) is 0 Å². The number of carbonyl (C=O) groups excluding carboxylic acids is 1. The minimum atomic E-state index is -0.0267. The van der Waals surface area contributed by atoms with Gasteiger partial charge in [-0.25, -0.2) is 0 Å². The third kappa shape index (κ3) is 2.63. The van der Waals surface area contributed by atoms with Crippen LogP contribution in [0, 0.1) is 0 Å². The molecule has 3 nitrogen and oxygen atoms in total. The van der Waals surface area contributed by atoms with Gasteiger partial charge in [-0.15, -0.1) is 0 Å². The van der Waals surface area contributed by atoms with E-state index >= 15 is 0 Å². The zero-order valence-corrected chi connectivity index (χ0v) is 14.3. The summed E-state index contributed by atoms with van der Waals surface area (Å²) in [6, 6.07) is 18.0. The molecule has 1 fully saturated rings. The van der Waals surface area contributed by atoms with Gasteiger partial charge in [-0.2, -0.15) is 0 Å². The Labute approximate surface area is 143 Å². The fourth-order valence-corrected chi connectivity index (χ4v) is 4.57. The van der Waals surface area contributed by atoms with Crippen molar-refractivity contribution in [2.24, 2.45) is 0 Å². The Morgan fingerprint density at radius 1 is 1.08 bits per heavy atom. The molecule has 1 aliphatic heterocycles. The molecule has 2 aromatic rings. The molecule has 1 amide bonds. The lowest BCUT2D eigenvalue weighted by Gasteiger charge is -2.37. The molecule has 0 aromatic heterocycles. The second-order valence-electron chi connectivity index (χ2n) is 7.16. The summed E-state index contributed by atoms with van der Waals surface area (Å²) in [5.41, 5.74) is 5.23. The van der Waals surface area contributed by atoms with Crippen LogP contribution in [0.5, 0.6) is 0 Å². The van der Waals surface area contributed by atoms with Crippen LogP contribution in [0.25, 0.3) is 0 Å². The summed E-state index contributed by atoms with van der Waals surface area (Å²) in [7, 11) is 2.26. The van der Waals surface area contributed by atoms with E-state index in [-0.39, 0.29) is 5.91 Å². The average molecular weight is 320 g/mol. The molecule has 2 unspecified atom stereocenters. The van der Waals surface area contributed by atoms with Crippen molar-refractivity contribution in [3.63, 3.8) is 0 Å². The van der Waals surface area contributed by atoms with Gasteiger partial charge >= 0.3 is 0 Å². The van der Waals surface area contributed by atoms with Gasteiger partial charge in [0.15, 0.2) is 0 Å². The molecule has 1 heterocycles. The van der Waals surface area contributed by atoms with E-state index in [4.69, 9.17) is 0 Å². The smallest absolute Gasteiger partial charge is 0.221 e. The van der Waals surface area contributed by atoms with Gasteiger partial charge < -0.3 is 10.2 Å². The Balaban J connectivity index is 1.70. The van der Waals surface area contributed by atoms with E-state index in [0.717, 1.165) is 5.69 Å². The quantitative estimate of drug-likeness (QED) is 0.908. The van der Waals surface area contributed by atoms with Crippen LogP contribution in [0.4, 0.5) is 5.69 Å². The number of anilines is 1. The van der Waals surface area contributed by atoms with Crippen molar-refractivity contribution < 1.29 is 4.79 Å². The SMILES string of the molecule is CC(=O)Nc1ccc(C2C[C@H]3C(CCN3C)c3ccccc32)cc1. The minimum Gasteiger partial charge on any atom is -0.326 e. The number of carbonyl (C=O) groups is 1. The topological polar surface area (TPSA) is 32.3 Å². The van der Waals surface area contributed by atoms with Gasteiger partial charge in [0.2, 0.25) is 5.91 Å². The maximum absolute atomic E-state index is 11.2. The third-order valence-electron chi connectivity index (χ3n) is 5.70. The van der Waals surface area contributed by atoms with Crippen molar-refractivity contribution in [1.82, 2.24) is 4.90 Å². The number of benzene rings is 2. The van der Waals surface area contributed by atoms with E-state index in [2.05, 4.69) is 53.7 Å². The number of amides is 1. The van der Waals surface area contributed by atoms with E-state index in [1.165, 1.54) is 36.1 Å². The summed E-state index contributed by atoms with van der Waals surface area (Å²) in [4.78, 5) is 13.7. The van der Waals surface area contributed by atoms with Crippen LogP contribution in [0.1, 0.15) is 48.3 Å².